The van der Waals surface area contributed by atoms with E-state index < -0.39 is 0 Å². The Labute approximate surface area is 142 Å². The molecule has 0 N–H and O–H groups in total. The summed E-state index contributed by atoms with van der Waals surface area (Å²) in [6.45, 7) is 5.19. The molecule has 1 fully saturated rings. The Morgan fingerprint density at radius 1 is 1.04 bits per heavy atom. The molecule has 1 aliphatic heterocycles. The maximum Gasteiger partial charge on any atom is 0.411 e. The van der Waals surface area contributed by atoms with Crippen LogP contribution in [0.2, 0.25) is 0 Å². The lowest BCUT2D eigenvalue weighted by Gasteiger charge is -2.23. The summed E-state index contributed by atoms with van der Waals surface area (Å²) in [4.78, 5) is 13.9. The highest BCUT2D eigenvalue weighted by atomic mass is 16.6. The monoisotopic (exact) mass is 323 g/mol. The van der Waals surface area contributed by atoms with Crippen LogP contribution in [0.15, 0.2) is 73.3 Å². The molecule has 0 saturated carbocycles. The van der Waals surface area contributed by atoms with Crippen molar-refractivity contribution < 1.29 is 14.3 Å². The topological polar surface area (TPSA) is 38.8 Å². The number of nitrogens with zero attached hydrogens (tertiary/aromatic N) is 1. The van der Waals surface area contributed by atoms with Crippen molar-refractivity contribution in [3.8, 4) is 0 Å². The minimum Gasteiger partial charge on any atom is -0.440 e. The van der Waals surface area contributed by atoms with Crippen molar-refractivity contribution in [2.24, 2.45) is 0 Å². The molecule has 4 nitrogen and oxygen atoms in total. The van der Waals surface area contributed by atoms with E-state index in [1.165, 1.54) is 0 Å². The number of amides is 1. The third-order valence-electron chi connectivity index (χ3n) is 4.08. The molecule has 0 aliphatic carbocycles. The molecular formula is C20H21NO3. The SMILES string of the molecule is C=C[C@H]1OC(=O)N(Cc2ccccc2)[C@H]1COCc1ccccc1. The van der Waals surface area contributed by atoms with Crippen LogP contribution in [0.1, 0.15) is 11.1 Å². The quantitative estimate of drug-likeness (QED) is 0.728. The smallest absolute Gasteiger partial charge is 0.411 e. The fourth-order valence-electron chi connectivity index (χ4n) is 2.80. The van der Waals surface area contributed by atoms with E-state index >= 15 is 0 Å². The van der Waals surface area contributed by atoms with Crippen LogP contribution in [0, 0.1) is 0 Å². The molecular weight excluding hydrogens is 302 g/mol. The summed E-state index contributed by atoms with van der Waals surface area (Å²) in [5.41, 5.74) is 2.17. The van der Waals surface area contributed by atoms with Crippen molar-refractivity contribution in [3.63, 3.8) is 0 Å². The van der Waals surface area contributed by atoms with Crippen LogP contribution >= 0.6 is 0 Å². The van der Waals surface area contributed by atoms with Gasteiger partial charge in [-0.25, -0.2) is 4.79 Å². The average molecular weight is 323 g/mol. The normalized spacial score (nSPS) is 20.0. The molecule has 124 valence electrons. The zero-order valence-corrected chi connectivity index (χ0v) is 13.5. The van der Waals surface area contributed by atoms with Gasteiger partial charge in [0, 0.05) is 6.54 Å². The molecule has 1 saturated heterocycles. The molecule has 3 rings (SSSR count). The van der Waals surface area contributed by atoms with Crippen molar-refractivity contribution in [1.29, 1.82) is 0 Å². The Morgan fingerprint density at radius 2 is 1.67 bits per heavy atom. The Bertz CT molecular complexity index is 672. The third-order valence-corrected chi connectivity index (χ3v) is 4.08. The number of hydrogen-bond donors (Lipinski definition) is 0. The van der Waals surface area contributed by atoms with Gasteiger partial charge < -0.3 is 9.47 Å². The summed E-state index contributed by atoms with van der Waals surface area (Å²) < 4.78 is 11.2. The molecule has 1 amide bonds. The maximum atomic E-state index is 12.2. The van der Waals surface area contributed by atoms with Gasteiger partial charge in [-0.05, 0) is 17.2 Å². The molecule has 1 aliphatic rings. The lowest BCUT2D eigenvalue weighted by molar-refractivity contribution is 0.0637. The van der Waals surface area contributed by atoms with Gasteiger partial charge in [-0.2, -0.15) is 0 Å². The summed E-state index contributed by atoms with van der Waals surface area (Å²) in [7, 11) is 0. The Kier molecular flexibility index (Phi) is 5.29. The maximum absolute atomic E-state index is 12.2. The number of carbonyl (C=O) groups excluding carboxylic acids is 1. The minimum absolute atomic E-state index is 0.168. The summed E-state index contributed by atoms with van der Waals surface area (Å²) in [6, 6.07) is 19.7. The molecule has 0 unspecified atom stereocenters. The van der Waals surface area contributed by atoms with Gasteiger partial charge >= 0.3 is 6.09 Å². The first-order valence-corrected chi connectivity index (χ1v) is 8.03. The summed E-state index contributed by atoms with van der Waals surface area (Å²) in [6.07, 6.45) is 0.994. The van der Waals surface area contributed by atoms with Gasteiger partial charge in [0.2, 0.25) is 0 Å². The predicted molar refractivity (Wildman–Crippen MR) is 92.3 cm³/mol. The van der Waals surface area contributed by atoms with Gasteiger partial charge in [-0.15, -0.1) is 0 Å². The van der Waals surface area contributed by atoms with Gasteiger partial charge in [0.05, 0.1) is 19.3 Å². The van der Waals surface area contributed by atoms with Crippen LogP contribution in [0.3, 0.4) is 0 Å². The average Bonchev–Trinajstić information content (AvgIpc) is 2.92. The van der Waals surface area contributed by atoms with Crippen molar-refractivity contribution in [2.75, 3.05) is 6.61 Å². The predicted octanol–water partition coefficient (Wildman–Crippen LogP) is 3.78. The van der Waals surface area contributed by atoms with Gasteiger partial charge in [-0.3, -0.25) is 4.90 Å². The summed E-state index contributed by atoms with van der Waals surface area (Å²) in [5, 5.41) is 0. The van der Waals surface area contributed by atoms with E-state index in [1.807, 2.05) is 60.7 Å². The van der Waals surface area contributed by atoms with Crippen molar-refractivity contribution in [2.45, 2.75) is 25.3 Å². The van der Waals surface area contributed by atoms with Crippen LogP contribution in [0.4, 0.5) is 4.79 Å². The number of cyclic esters (lactones) is 1. The molecule has 0 bridgehead atoms. The first-order valence-electron chi connectivity index (χ1n) is 8.03. The van der Waals surface area contributed by atoms with E-state index in [0.717, 1.165) is 11.1 Å². The van der Waals surface area contributed by atoms with Crippen molar-refractivity contribution in [3.05, 3.63) is 84.4 Å². The molecule has 1 heterocycles. The largest absolute Gasteiger partial charge is 0.440 e. The molecule has 0 aromatic heterocycles. The second kappa shape index (κ2) is 7.79. The standard InChI is InChI=1S/C20H21NO3/c1-2-19-18(15-23-14-17-11-7-4-8-12-17)21(20(22)24-19)13-16-9-5-3-6-10-16/h2-12,18-19H,1,13-15H2/t18-,19+/m0/s1. The zero-order chi connectivity index (χ0) is 16.8. The number of carbonyl (C=O) groups is 1. The van der Waals surface area contributed by atoms with E-state index in [9.17, 15) is 4.79 Å². The van der Waals surface area contributed by atoms with Gasteiger partial charge in [0.25, 0.3) is 0 Å². The number of ether oxygens (including phenoxy) is 2. The molecule has 2 atom stereocenters. The fraction of sp³-hybridized carbons (Fsp3) is 0.250. The van der Waals surface area contributed by atoms with Gasteiger partial charge in [0.15, 0.2) is 0 Å². The molecule has 4 heteroatoms. The molecule has 2 aromatic carbocycles. The molecule has 24 heavy (non-hydrogen) atoms. The van der Waals surface area contributed by atoms with E-state index in [4.69, 9.17) is 9.47 Å². The second-order valence-corrected chi connectivity index (χ2v) is 5.77. The lowest BCUT2D eigenvalue weighted by atomic mass is 10.1. The Hall–Kier alpha value is -2.59. The van der Waals surface area contributed by atoms with E-state index in [-0.39, 0.29) is 18.2 Å². The van der Waals surface area contributed by atoms with E-state index in [2.05, 4.69) is 6.58 Å². The van der Waals surface area contributed by atoms with Crippen LogP contribution in [-0.4, -0.2) is 29.7 Å². The van der Waals surface area contributed by atoms with Gasteiger partial charge in [0.1, 0.15) is 6.10 Å². The first kappa shape index (κ1) is 16.3. The molecule has 2 aromatic rings. The highest BCUT2D eigenvalue weighted by Crippen LogP contribution is 2.23. The third kappa shape index (κ3) is 3.84. The summed E-state index contributed by atoms with van der Waals surface area (Å²) >= 11 is 0. The van der Waals surface area contributed by atoms with Crippen molar-refractivity contribution >= 4 is 6.09 Å². The highest BCUT2D eigenvalue weighted by Gasteiger charge is 2.40. The van der Waals surface area contributed by atoms with Gasteiger partial charge in [-0.1, -0.05) is 67.2 Å². The minimum atomic E-state index is -0.350. The molecule has 0 spiro atoms. The molecule has 0 radical (unpaired) electrons. The van der Waals surface area contributed by atoms with Crippen LogP contribution in [-0.2, 0) is 22.6 Å². The van der Waals surface area contributed by atoms with Crippen LogP contribution in [0.5, 0.6) is 0 Å². The fourth-order valence-corrected chi connectivity index (χ4v) is 2.80. The summed E-state index contributed by atoms with van der Waals surface area (Å²) in [5.74, 6) is 0. The van der Waals surface area contributed by atoms with Crippen LogP contribution < -0.4 is 0 Å². The number of rotatable bonds is 7. The number of benzene rings is 2. The van der Waals surface area contributed by atoms with E-state index in [1.54, 1.807) is 11.0 Å². The first-order chi connectivity index (χ1) is 11.8. The van der Waals surface area contributed by atoms with E-state index in [0.29, 0.717) is 19.8 Å². The number of hydrogen-bond acceptors (Lipinski definition) is 3. The zero-order valence-electron chi connectivity index (χ0n) is 13.5. The Balaban J connectivity index is 1.64. The van der Waals surface area contributed by atoms with Crippen molar-refractivity contribution in [1.82, 2.24) is 4.90 Å². The second-order valence-electron chi connectivity index (χ2n) is 5.77. The highest BCUT2D eigenvalue weighted by molar-refractivity contribution is 5.71. The lowest BCUT2D eigenvalue weighted by Crippen LogP contribution is -2.39. The van der Waals surface area contributed by atoms with Crippen LogP contribution in [0.25, 0.3) is 0 Å². The Morgan fingerprint density at radius 3 is 2.29 bits per heavy atom.